The van der Waals surface area contributed by atoms with Crippen LogP contribution in [-0.2, 0) is 16.0 Å². The van der Waals surface area contributed by atoms with Gasteiger partial charge in [-0.05, 0) is 6.42 Å². The molecule has 0 aliphatic carbocycles. The van der Waals surface area contributed by atoms with Crippen LogP contribution in [0, 0.1) is 5.92 Å². The molecule has 26 heavy (non-hydrogen) atoms. The Kier molecular flexibility index (Phi) is 5.40. The number of hydrogen-bond acceptors (Lipinski definition) is 6. The molecule has 142 valence electrons. The van der Waals surface area contributed by atoms with E-state index in [1.54, 1.807) is 28.8 Å². The van der Waals surface area contributed by atoms with Crippen molar-refractivity contribution in [2.24, 2.45) is 5.92 Å². The van der Waals surface area contributed by atoms with Gasteiger partial charge < -0.3 is 14.7 Å². The number of piperazine rings is 1. The molecule has 3 rings (SSSR count). The summed E-state index contributed by atoms with van der Waals surface area (Å²) in [6, 6.07) is -0.0395. The topological polar surface area (TPSA) is 90.0 Å². The van der Waals surface area contributed by atoms with E-state index >= 15 is 0 Å². The molecule has 2 aliphatic rings. The summed E-state index contributed by atoms with van der Waals surface area (Å²) >= 11 is 1.40. The molecule has 2 fully saturated rings. The van der Waals surface area contributed by atoms with Crippen LogP contribution in [-0.4, -0.2) is 89.6 Å². The second-order valence-corrected chi connectivity index (χ2v) is 7.77. The predicted molar refractivity (Wildman–Crippen MR) is 97.0 cm³/mol. The van der Waals surface area contributed by atoms with Gasteiger partial charge in [0.05, 0.1) is 5.92 Å². The average Bonchev–Trinajstić information content (AvgIpc) is 3.26. The van der Waals surface area contributed by atoms with Crippen molar-refractivity contribution in [2.45, 2.75) is 19.8 Å². The molecule has 10 heteroatoms. The number of nitrogens with zero attached hydrogens (tertiary/aromatic N) is 6. The monoisotopic (exact) mass is 380 g/mol. The van der Waals surface area contributed by atoms with Crippen LogP contribution in [0.5, 0.6) is 0 Å². The number of anilines is 1. The molecule has 4 amide bonds. The number of rotatable bonds is 3. The third-order valence-electron chi connectivity index (χ3n) is 4.71. The van der Waals surface area contributed by atoms with Gasteiger partial charge in [-0.2, -0.15) is 0 Å². The third kappa shape index (κ3) is 3.64. The van der Waals surface area contributed by atoms with Gasteiger partial charge in [0.15, 0.2) is 0 Å². The maximum absolute atomic E-state index is 12.8. The van der Waals surface area contributed by atoms with E-state index in [1.807, 2.05) is 6.92 Å². The number of hydrogen-bond donors (Lipinski definition) is 0. The highest BCUT2D eigenvalue weighted by Gasteiger charge is 2.39. The fourth-order valence-corrected chi connectivity index (χ4v) is 4.02. The van der Waals surface area contributed by atoms with E-state index in [4.69, 9.17) is 0 Å². The zero-order chi connectivity index (χ0) is 18.8. The number of carbonyl (C=O) groups excluding carboxylic acids is 3. The van der Waals surface area contributed by atoms with E-state index < -0.39 is 0 Å². The van der Waals surface area contributed by atoms with Gasteiger partial charge in [-0.1, -0.05) is 18.3 Å². The lowest BCUT2D eigenvalue weighted by atomic mass is 10.1. The van der Waals surface area contributed by atoms with Gasteiger partial charge in [0, 0.05) is 53.2 Å². The van der Waals surface area contributed by atoms with Crippen molar-refractivity contribution in [2.75, 3.05) is 51.7 Å². The first kappa shape index (κ1) is 18.6. The van der Waals surface area contributed by atoms with Gasteiger partial charge in [-0.3, -0.25) is 14.5 Å². The van der Waals surface area contributed by atoms with Crippen molar-refractivity contribution < 1.29 is 14.4 Å². The molecule has 2 saturated heterocycles. The maximum atomic E-state index is 12.8. The normalized spacial score (nSPS) is 20.7. The molecule has 2 aliphatic heterocycles. The van der Waals surface area contributed by atoms with Crippen LogP contribution in [0.15, 0.2) is 0 Å². The minimum atomic E-state index is -0.354. The van der Waals surface area contributed by atoms with Crippen LogP contribution in [0.2, 0.25) is 0 Å². The Morgan fingerprint density at radius 2 is 1.81 bits per heavy atom. The molecule has 0 spiro atoms. The number of amides is 4. The largest absolute Gasteiger partial charge is 0.339 e. The first-order valence-corrected chi connectivity index (χ1v) is 9.60. The molecule has 1 unspecified atom stereocenters. The Morgan fingerprint density at radius 3 is 2.38 bits per heavy atom. The van der Waals surface area contributed by atoms with Crippen molar-refractivity contribution in [1.82, 2.24) is 24.9 Å². The molecule has 0 N–H and O–H groups in total. The molecule has 3 heterocycles. The quantitative estimate of drug-likeness (QED) is 0.751. The van der Waals surface area contributed by atoms with E-state index in [-0.39, 0.29) is 30.2 Å². The lowest BCUT2D eigenvalue weighted by molar-refractivity contribution is -0.137. The third-order valence-corrected chi connectivity index (χ3v) is 5.80. The summed E-state index contributed by atoms with van der Waals surface area (Å²) in [6.07, 6.45) is 0.981. The second-order valence-electron chi connectivity index (χ2n) is 6.73. The van der Waals surface area contributed by atoms with Gasteiger partial charge in [0.2, 0.25) is 16.9 Å². The van der Waals surface area contributed by atoms with Crippen LogP contribution < -0.4 is 4.90 Å². The van der Waals surface area contributed by atoms with Gasteiger partial charge in [-0.15, -0.1) is 10.2 Å². The lowest BCUT2D eigenvalue weighted by Gasteiger charge is -2.36. The Hall–Kier alpha value is -2.23. The van der Waals surface area contributed by atoms with Crippen LogP contribution in [0.4, 0.5) is 9.93 Å². The summed E-state index contributed by atoms with van der Waals surface area (Å²) in [5.74, 6) is -0.450. The van der Waals surface area contributed by atoms with Crippen molar-refractivity contribution in [3.8, 4) is 0 Å². The summed E-state index contributed by atoms with van der Waals surface area (Å²) in [7, 11) is 3.44. The highest BCUT2D eigenvalue weighted by molar-refractivity contribution is 7.15. The average molecular weight is 380 g/mol. The first-order valence-electron chi connectivity index (χ1n) is 8.78. The number of aromatic nitrogens is 2. The summed E-state index contributed by atoms with van der Waals surface area (Å²) in [5, 5.41) is 9.57. The van der Waals surface area contributed by atoms with E-state index in [2.05, 4.69) is 10.2 Å². The molecule has 1 aromatic rings. The van der Waals surface area contributed by atoms with Crippen LogP contribution in [0.25, 0.3) is 0 Å². The van der Waals surface area contributed by atoms with Crippen molar-refractivity contribution in [3.63, 3.8) is 0 Å². The van der Waals surface area contributed by atoms with Gasteiger partial charge >= 0.3 is 6.03 Å². The van der Waals surface area contributed by atoms with E-state index in [1.165, 1.54) is 16.2 Å². The Bertz CT molecular complexity index is 698. The standard InChI is InChI=1S/C16H24N6O3S/c1-4-12-17-18-15(26-12)22-10-11(9-13(22)23)14(24)20-5-7-21(8-6-20)16(25)19(2)3/h11H,4-10H2,1-3H3. The lowest BCUT2D eigenvalue weighted by Crippen LogP contribution is -2.54. The maximum Gasteiger partial charge on any atom is 0.319 e. The summed E-state index contributed by atoms with van der Waals surface area (Å²) in [6.45, 7) is 4.38. The molecule has 0 saturated carbocycles. The fraction of sp³-hybridized carbons (Fsp3) is 0.688. The van der Waals surface area contributed by atoms with Crippen LogP contribution in [0.1, 0.15) is 18.4 Å². The Morgan fingerprint density at radius 1 is 1.15 bits per heavy atom. The Labute approximate surface area is 156 Å². The van der Waals surface area contributed by atoms with Gasteiger partial charge in [0.1, 0.15) is 5.01 Å². The number of urea groups is 1. The first-order chi connectivity index (χ1) is 12.4. The molecule has 1 aromatic heterocycles. The Balaban J connectivity index is 1.58. The molecule has 0 bridgehead atoms. The van der Waals surface area contributed by atoms with E-state index in [0.29, 0.717) is 37.9 Å². The number of carbonyl (C=O) groups is 3. The smallest absolute Gasteiger partial charge is 0.319 e. The highest BCUT2D eigenvalue weighted by atomic mass is 32.1. The molecule has 9 nitrogen and oxygen atoms in total. The van der Waals surface area contributed by atoms with E-state index in [0.717, 1.165) is 11.4 Å². The number of aryl methyl sites for hydroxylation is 1. The molecule has 0 radical (unpaired) electrons. The summed E-state index contributed by atoms with van der Waals surface area (Å²) in [5.41, 5.74) is 0. The van der Waals surface area contributed by atoms with Crippen molar-refractivity contribution in [3.05, 3.63) is 5.01 Å². The van der Waals surface area contributed by atoms with Gasteiger partial charge in [0.25, 0.3) is 0 Å². The van der Waals surface area contributed by atoms with Crippen LogP contribution in [0.3, 0.4) is 0 Å². The second kappa shape index (κ2) is 7.56. The van der Waals surface area contributed by atoms with Crippen LogP contribution >= 0.6 is 11.3 Å². The molecule has 0 aromatic carbocycles. The minimum Gasteiger partial charge on any atom is -0.339 e. The van der Waals surface area contributed by atoms with E-state index in [9.17, 15) is 14.4 Å². The molecular formula is C16H24N6O3S. The minimum absolute atomic E-state index is 0.0157. The predicted octanol–water partition coefficient (Wildman–Crippen LogP) is 0.279. The molecular weight excluding hydrogens is 356 g/mol. The van der Waals surface area contributed by atoms with Crippen molar-refractivity contribution in [1.29, 1.82) is 0 Å². The van der Waals surface area contributed by atoms with Gasteiger partial charge in [-0.25, -0.2) is 4.79 Å². The fourth-order valence-electron chi connectivity index (χ4n) is 3.21. The highest BCUT2D eigenvalue weighted by Crippen LogP contribution is 2.29. The summed E-state index contributed by atoms with van der Waals surface area (Å²) in [4.78, 5) is 43.7. The SMILES string of the molecule is CCc1nnc(N2CC(C(=O)N3CCN(C(=O)N(C)C)CC3)CC2=O)s1. The molecule has 1 atom stereocenters. The zero-order valence-corrected chi connectivity index (χ0v) is 16.2. The zero-order valence-electron chi connectivity index (χ0n) is 15.3. The van der Waals surface area contributed by atoms with Crippen molar-refractivity contribution >= 4 is 34.3 Å². The summed E-state index contributed by atoms with van der Waals surface area (Å²) < 4.78 is 0.